The molecule has 2 aromatic heterocycles. The molecule has 1 amide bonds. The first-order valence-electron chi connectivity index (χ1n) is 12.7. The second-order valence-electron chi connectivity index (χ2n) is 9.11. The predicted molar refractivity (Wildman–Crippen MR) is 145 cm³/mol. The number of rotatable bonds is 9. The molecule has 3 heterocycles. The van der Waals surface area contributed by atoms with E-state index in [0.29, 0.717) is 67.1 Å². The maximum absolute atomic E-state index is 12.8. The highest BCUT2D eigenvalue weighted by Gasteiger charge is 2.20. The van der Waals surface area contributed by atoms with Crippen molar-refractivity contribution in [3.63, 3.8) is 0 Å². The Labute approximate surface area is 231 Å². The summed E-state index contributed by atoms with van der Waals surface area (Å²) in [6, 6.07) is 12.7. The van der Waals surface area contributed by atoms with Gasteiger partial charge in [-0.05, 0) is 42.8 Å². The Balaban J connectivity index is 1.29. The van der Waals surface area contributed by atoms with Gasteiger partial charge in [0.15, 0.2) is 0 Å². The number of ether oxygens (including phenoxy) is 3. The van der Waals surface area contributed by atoms with E-state index < -0.39 is 0 Å². The first-order valence-corrected chi connectivity index (χ1v) is 12.7. The second-order valence-corrected chi connectivity index (χ2v) is 9.11. The highest BCUT2D eigenvalue weighted by Crippen LogP contribution is 2.30. The van der Waals surface area contributed by atoms with Gasteiger partial charge in [0.1, 0.15) is 36.3 Å². The van der Waals surface area contributed by atoms with E-state index in [0.717, 1.165) is 11.1 Å². The summed E-state index contributed by atoms with van der Waals surface area (Å²) in [6.07, 6.45) is 6.20. The average Bonchev–Trinajstić information content (AvgIpc) is 3.50. The maximum atomic E-state index is 12.8. The standard InChI is InChI=1S/C28H28N8O4/c1-19(16-36-18-30-17-33-36)40-25-11-20(3-4-22(25)13-29)23-14-31-28(32-15-23)34-24-6-5-21(12-26(24)38-2)27(37)35-7-9-39-10-8-35/h3-6,11-12,14-15,17-19H,7-10,16H2,1-2H3,(H,31,32,34)/t19-/m0/s1. The lowest BCUT2D eigenvalue weighted by molar-refractivity contribution is 0.0302. The van der Waals surface area contributed by atoms with Crippen molar-refractivity contribution in [1.82, 2.24) is 29.6 Å². The van der Waals surface area contributed by atoms with Crippen LogP contribution in [0.3, 0.4) is 0 Å². The first kappa shape index (κ1) is 26.6. The zero-order valence-electron chi connectivity index (χ0n) is 22.1. The first-order chi connectivity index (χ1) is 19.5. The number of hydrogen-bond acceptors (Lipinski definition) is 10. The van der Waals surface area contributed by atoms with Gasteiger partial charge >= 0.3 is 0 Å². The Bertz CT molecular complexity index is 1500. The Morgan fingerprint density at radius 3 is 2.62 bits per heavy atom. The molecule has 4 aromatic rings. The molecule has 1 fully saturated rings. The largest absolute Gasteiger partial charge is 0.495 e. The number of nitrogens with one attached hydrogen (secondary N) is 1. The zero-order chi connectivity index (χ0) is 27.9. The Kier molecular flexibility index (Phi) is 8.13. The summed E-state index contributed by atoms with van der Waals surface area (Å²) in [5.41, 5.74) is 3.15. The van der Waals surface area contributed by atoms with Gasteiger partial charge in [-0.2, -0.15) is 10.4 Å². The Hall–Kier alpha value is -5.02. The van der Waals surface area contributed by atoms with Crippen molar-refractivity contribution in [1.29, 1.82) is 5.26 Å². The quantitative estimate of drug-likeness (QED) is 0.336. The van der Waals surface area contributed by atoms with Gasteiger partial charge in [-0.15, -0.1) is 0 Å². The van der Waals surface area contributed by atoms with Crippen LogP contribution < -0.4 is 14.8 Å². The molecule has 1 atom stereocenters. The summed E-state index contributed by atoms with van der Waals surface area (Å²) in [7, 11) is 1.55. The van der Waals surface area contributed by atoms with Gasteiger partial charge in [0.25, 0.3) is 5.91 Å². The molecule has 0 bridgehead atoms. The van der Waals surface area contributed by atoms with Crippen LogP contribution in [-0.4, -0.2) is 75.1 Å². The minimum atomic E-state index is -0.239. The van der Waals surface area contributed by atoms with Crippen molar-refractivity contribution in [2.75, 3.05) is 38.7 Å². The highest BCUT2D eigenvalue weighted by molar-refractivity contribution is 5.95. The fourth-order valence-electron chi connectivity index (χ4n) is 4.27. The Morgan fingerprint density at radius 2 is 1.93 bits per heavy atom. The van der Waals surface area contributed by atoms with Crippen LogP contribution in [0.15, 0.2) is 61.4 Å². The number of aromatic nitrogens is 5. The minimum absolute atomic E-state index is 0.0627. The van der Waals surface area contributed by atoms with Crippen molar-refractivity contribution in [2.45, 2.75) is 19.6 Å². The maximum Gasteiger partial charge on any atom is 0.254 e. The molecule has 0 radical (unpaired) electrons. The number of anilines is 2. The lowest BCUT2D eigenvalue weighted by Gasteiger charge is -2.27. The lowest BCUT2D eigenvalue weighted by atomic mass is 10.1. The van der Waals surface area contributed by atoms with Crippen LogP contribution in [0.25, 0.3) is 11.1 Å². The minimum Gasteiger partial charge on any atom is -0.495 e. The smallest absolute Gasteiger partial charge is 0.254 e. The molecule has 12 heteroatoms. The number of amides is 1. The van der Waals surface area contributed by atoms with Crippen LogP contribution in [0.5, 0.6) is 11.5 Å². The topological polar surface area (TPSA) is 140 Å². The number of nitrogens with zero attached hydrogens (tertiary/aromatic N) is 7. The van der Waals surface area contributed by atoms with E-state index in [1.54, 1.807) is 65.7 Å². The van der Waals surface area contributed by atoms with Gasteiger partial charge in [-0.1, -0.05) is 6.07 Å². The number of morpholine rings is 1. The SMILES string of the molecule is COc1cc(C(=O)N2CCOCC2)ccc1Nc1ncc(-c2ccc(C#N)c(O[C@@H](C)Cn3cncn3)c2)cn1. The van der Waals surface area contributed by atoms with Gasteiger partial charge in [0, 0.05) is 36.6 Å². The van der Waals surface area contributed by atoms with Crippen molar-refractivity contribution in [3.8, 4) is 28.7 Å². The van der Waals surface area contributed by atoms with E-state index in [-0.39, 0.29) is 12.0 Å². The third-order valence-corrected chi connectivity index (χ3v) is 6.32. The molecule has 1 aliphatic rings. The van der Waals surface area contributed by atoms with E-state index in [1.165, 1.54) is 6.33 Å². The van der Waals surface area contributed by atoms with Crippen molar-refractivity contribution >= 4 is 17.5 Å². The summed E-state index contributed by atoms with van der Waals surface area (Å²) in [5.74, 6) is 1.26. The predicted octanol–water partition coefficient (Wildman–Crippen LogP) is 3.30. The second kappa shape index (κ2) is 12.2. The third-order valence-electron chi connectivity index (χ3n) is 6.32. The molecule has 12 nitrogen and oxygen atoms in total. The third kappa shape index (κ3) is 6.16. The normalized spacial score (nSPS) is 13.8. The van der Waals surface area contributed by atoms with Gasteiger partial charge in [-0.25, -0.2) is 19.6 Å². The molecule has 1 N–H and O–H groups in total. The van der Waals surface area contributed by atoms with Gasteiger partial charge in [0.2, 0.25) is 5.95 Å². The molecule has 1 saturated heterocycles. The molecule has 204 valence electrons. The molecule has 1 aliphatic heterocycles. The molecule has 2 aromatic carbocycles. The molecule has 5 rings (SSSR count). The number of benzene rings is 2. The molecule has 0 aliphatic carbocycles. The average molecular weight is 541 g/mol. The van der Waals surface area contributed by atoms with Crippen LogP contribution in [0, 0.1) is 11.3 Å². The van der Waals surface area contributed by atoms with Gasteiger partial charge in [0.05, 0.1) is 38.1 Å². The molecule has 0 saturated carbocycles. The van der Waals surface area contributed by atoms with E-state index in [4.69, 9.17) is 14.2 Å². The highest BCUT2D eigenvalue weighted by atomic mass is 16.5. The van der Waals surface area contributed by atoms with Crippen LogP contribution in [-0.2, 0) is 11.3 Å². The van der Waals surface area contributed by atoms with Crippen LogP contribution in [0.1, 0.15) is 22.8 Å². The van der Waals surface area contributed by atoms with Crippen LogP contribution in [0.4, 0.5) is 11.6 Å². The van der Waals surface area contributed by atoms with E-state index in [2.05, 4.69) is 31.4 Å². The van der Waals surface area contributed by atoms with E-state index in [1.807, 2.05) is 13.0 Å². The zero-order valence-corrected chi connectivity index (χ0v) is 22.1. The lowest BCUT2D eigenvalue weighted by Crippen LogP contribution is -2.40. The number of hydrogen-bond donors (Lipinski definition) is 1. The summed E-state index contributed by atoms with van der Waals surface area (Å²) in [5, 5.41) is 16.8. The molecule has 40 heavy (non-hydrogen) atoms. The monoisotopic (exact) mass is 540 g/mol. The van der Waals surface area contributed by atoms with Gasteiger partial charge < -0.3 is 24.4 Å². The summed E-state index contributed by atoms with van der Waals surface area (Å²) in [4.78, 5) is 27.4. The molecular formula is C28H28N8O4. The summed E-state index contributed by atoms with van der Waals surface area (Å²) >= 11 is 0. The Morgan fingerprint density at radius 1 is 1.12 bits per heavy atom. The molecule has 0 unspecified atom stereocenters. The van der Waals surface area contributed by atoms with E-state index >= 15 is 0 Å². The van der Waals surface area contributed by atoms with Crippen molar-refractivity contribution < 1.29 is 19.0 Å². The van der Waals surface area contributed by atoms with Crippen molar-refractivity contribution in [3.05, 3.63) is 72.6 Å². The number of carbonyl (C=O) groups excluding carboxylic acids is 1. The van der Waals surface area contributed by atoms with Gasteiger partial charge in [-0.3, -0.25) is 4.79 Å². The number of methoxy groups -OCH3 is 1. The van der Waals surface area contributed by atoms with E-state index in [9.17, 15) is 10.1 Å². The number of nitriles is 1. The summed E-state index contributed by atoms with van der Waals surface area (Å²) < 4.78 is 18.6. The van der Waals surface area contributed by atoms with Crippen LogP contribution >= 0.6 is 0 Å². The molecular weight excluding hydrogens is 512 g/mol. The summed E-state index contributed by atoms with van der Waals surface area (Å²) in [6.45, 7) is 4.60. The fourth-order valence-corrected chi connectivity index (χ4v) is 4.27. The number of carbonyl (C=O) groups is 1. The fraction of sp³-hybridized carbons (Fsp3) is 0.286. The molecule has 0 spiro atoms. The van der Waals surface area contributed by atoms with Crippen molar-refractivity contribution in [2.24, 2.45) is 0 Å². The van der Waals surface area contributed by atoms with Crippen LogP contribution in [0.2, 0.25) is 0 Å².